The minimum Gasteiger partial charge on any atom is -0.348 e. The number of imide groups is 1. The number of nitrogens with one attached hydrogen (secondary N) is 1. The third-order valence-electron chi connectivity index (χ3n) is 4.02. The molecule has 0 saturated carbocycles. The molecule has 3 rings (SSSR count). The third kappa shape index (κ3) is 2.52. The second kappa shape index (κ2) is 5.92. The highest BCUT2D eigenvalue weighted by atomic mass is 32.1. The Hall–Kier alpha value is -2.15. The third-order valence-corrected chi connectivity index (χ3v) is 4.89. The standard InChI is InChI=1S/C15H17N3O3S/c1-2-6-18-14(20)11-9-10(5-7-17(11)15(18)21)16-13(19)12-4-3-8-22-12/h2-4,8,10-11H,1,5-7,9H2,(H,16,19)/t10-,11+/m0/s1. The number of hydrogen-bond acceptors (Lipinski definition) is 4. The van der Waals surface area contributed by atoms with Crippen LogP contribution in [0.15, 0.2) is 30.2 Å². The van der Waals surface area contributed by atoms with Crippen molar-refractivity contribution in [3.8, 4) is 0 Å². The predicted octanol–water partition coefficient (Wildman–Crippen LogP) is 1.46. The van der Waals surface area contributed by atoms with Gasteiger partial charge in [0.15, 0.2) is 0 Å². The molecule has 2 aliphatic heterocycles. The van der Waals surface area contributed by atoms with E-state index in [1.54, 1.807) is 17.0 Å². The van der Waals surface area contributed by atoms with Crippen molar-refractivity contribution >= 4 is 29.2 Å². The van der Waals surface area contributed by atoms with E-state index in [9.17, 15) is 14.4 Å². The van der Waals surface area contributed by atoms with Gasteiger partial charge in [0, 0.05) is 19.1 Å². The van der Waals surface area contributed by atoms with Crippen LogP contribution in [0.4, 0.5) is 4.79 Å². The molecule has 4 amide bonds. The lowest BCUT2D eigenvalue weighted by atomic mass is 9.98. The molecule has 6 nitrogen and oxygen atoms in total. The van der Waals surface area contributed by atoms with Crippen molar-refractivity contribution in [2.45, 2.75) is 24.9 Å². The Kier molecular flexibility index (Phi) is 3.98. The van der Waals surface area contributed by atoms with Crippen molar-refractivity contribution in [1.82, 2.24) is 15.1 Å². The summed E-state index contributed by atoms with van der Waals surface area (Å²) in [5, 5.41) is 4.81. The molecule has 1 N–H and O–H groups in total. The van der Waals surface area contributed by atoms with Crippen LogP contribution in [0.25, 0.3) is 0 Å². The van der Waals surface area contributed by atoms with Gasteiger partial charge in [0.25, 0.3) is 11.8 Å². The summed E-state index contributed by atoms with van der Waals surface area (Å²) in [5.41, 5.74) is 0. The first-order valence-electron chi connectivity index (χ1n) is 7.19. The van der Waals surface area contributed by atoms with Crippen molar-refractivity contribution in [1.29, 1.82) is 0 Å². The minimum atomic E-state index is -0.463. The van der Waals surface area contributed by atoms with E-state index in [-0.39, 0.29) is 30.4 Å². The smallest absolute Gasteiger partial charge is 0.327 e. The molecule has 1 aromatic heterocycles. The van der Waals surface area contributed by atoms with E-state index in [1.165, 1.54) is 16.2 Å². The van der Waals surface area contributed by atoms with Crippen molar-refractivity contribution < 1.29 is 14.4 Å². The van der Waals surface area contributed by atoms with E-state index in [4.69, 9.17) is 0 Å². The maximum atomic E-state index is 12.3. The number of nitrogens with zero attached hydrogens (tertiary/aromatic N) is 2. The lowest BCUT2D eigenvalue weighted by molar-refractivity contribution is -0.128. The van der Waals surface area contributed by atoms with Crippen molar-refractivity contribution in [2.75, 3.05) is 13.1 Å². The highest BCUT2D eigenvalue weighted by Crippen LogP contribution is 2.27. The number of fused-ring (bicyclic) bond motifs is 1. The van der Waals surface area contributed by atoms with Crippen LogP contribution < -0.4 is 5.32 Å². The molecule has 7 heteroatoms. The maximum absolute atomic E-state index is 12.3. The first-order valence-corrected chi connectivity index (χ1v) is 8.07. The fraction of sp³-hybridized carbons (Fsp3) is 0.400. The monoisotopic (exact) mass is 319 g/mol. The van der Waals surface area contributed by atoms with E-state index in [2.05, 4.69) is 11.9 Å². The summed E-state index contributed by atoms with van der Waals surface area (Å²) < 4.78 is 0. The van der Waals surface area contributed by atoms with Crippen molar-refractivity contribution in [2.24, 2.45) is 0 Å². The lowest BCUT2D eigenvalue weighted by Crippen LogP contribution is -2.49. The van der Waals surface area contributed by atoms with E-state index < -0.39 is 6.04 Å². The van der Waals surface area contributed by atoms with Gasteiger partial charge in [-0.1, -0.05) is 12.1 Å². The number of urea groups is 1. The number of hydrogen-bond donors (Lipinski definition) is 1. The average molecular weight is 319 g/mol. The number of piperidine rings is 1. The van der Waals surface area contributed by atoms with E-state index >= 15 is 0 Å². The minimum absolute atomic E-state index is 0.0868. The lowest BCUT2D eigenvalue weighted by Gasteiger charge is -2.32. The first kappa shape index (κ1) is 14.8. The molecule has 2 aliphatic rings. The van der Waals surface area contributed by atoms with Crippen LogP contribution in [0.1, 0.15) is 22.5 Å². The van der Waals surface area contributed by atoms with Gasteiger partial charge in [0.05, 0.1) is 4.88 Å². The number of rotatable bonds is 4. The average Bonchev–Trinajstić information content (AvgIpc) is 3.12. The number of carbonyl (C=O) groups is 3. The molecule has 0 unspecified atom stereocenters. The highest BCUT2D eigenvalue weighted by molar-refractivity contribution is 7.12. The van der Waals surface area contributed by atoms with Crippen LogP contribution in [-0.2, 0) is 4.79 Å². The molecule has 1 aromatic rings. The molecule has 116 valence electrons. The van der Waals surface area contributed by atoms with Crippen LogP contribution >= 0.6 is 11.3 Å². The molecule has 22 heavy (non-hydrogen) atoms. The fourth-order valence-electron chi connectivity index (χ4n) is 2.95. The van der Waals surface area contributed by atoms with Gasteiger partial charge in [-0.25, -0.2) is 4.79 Å². The highest BCUT2D eigenvalue weighted by Gasteiger charge is 2.47. The predicted molar refractivity (Wildman–Crippen MR) is 82.6 cm³/mol. The zero-order chi connectivity index (χ0) is 15.7. The summed E-state index contributed by atoms with van der Waals surface area (Å²) in [5.74, 6) is -0.312. The van der Waals surface area contributed by atoms with E-state index in [1.807, 2.05) is 11.4 Å². The Morgan fingerprint density at radius 2 is 2.32 bits per heavy atom. The molecule has 0 aromatic carbocycles. The van der Waals surface area contributed by atoms with Crippen LogP contribution in [0.3, 0.4) is 0 Å². The van der Waals surface area contributed by atoms with Gasteiger partial charge < -0.3 is 10.2 Å². The number of carbonyl (C=O) groups excluding carboxylic acids is 3. The van der Waals surface area contributed by atoms with Gasteiger partial charge in [0.2, 0.25) is 0 Å². The molecule has 2 saturated heterocycles. The topological polar surface area (TPSA) is 69.7 Å². The quantitative estimate of drug-likeness (QED) is 0.675. The summed E-state index contributed by atoms with van der Waals surface area (Å²) in [7, 11) is 0. The second-order valence-corrected chi connectivity index (χ2v) is 6.35. The molecule has 2 fully saturated rings. The Labute approximate surface area is 132 Å². The van der Waals surface area contributed by atoms with E-state index in [0.29, 0.717) is 24.3 Å². The van der Waals surface area contributed by atoms with Crippen LogP contribution in [0, 0.1) is 0 Å². The van der Waals surface area contributed by atoms with Gasteiger partial charge in [-0.15, -0.1) is 17.9 Å². The summed E-state index contributed by atoms with van der Waals surface area (Å²) in [6, 6.07) is 2.80. The summed E-state index contributed by atoms with van der Waals surface area (Å²) in [6.45, 7) is 4.29. The zero-order valence-corrected chi connectivity index (χ0v) is 12.8. The summed E-state index contributed by atoms with van der Waals surface area (Å²) in [4.78, 5) is 40.0. The van der Waals surface area contributed by atoms with Crippen LogP contribution in [0.5, 0.6) is 0 Å². The Morgan fingerprint density at radius 3 is 3.00 bits per heavy atom. The zero-order valence-electron chi connectivity index (χ0n) is 12.0. The molecule has 3 heterocycles. The SMILES string of the molecule is C=CCN1C(=O)[C@H]2C[C@@H](NC(=O)c3cccs3)CCN2C1=O. The first-order chi connectivity index (χ1) is 10.6. The van der Waals surface area contributed by atoms with Crippen LogP contribution in [-0.4, -0.2) is 52.8 Å². The number of thiophene rings is 1. The van der Waals surface area contributed by atoms with Gasteiger partial charge in [-0.05, 0) is 24.3 Å². The molecule has 0 spiro atoms. The van der Waals surface area contributed by atoms with Gasteiger partial charge in [-0.2, -0.15) is 0 Å². The van der Waals surface area contributed by atoms with Crippen molar-refractivity contribution in [3.05, 3.63) is 35.0 Å². The van der Waals surface area contributed by atoms with Crippen LogP contribution in [0.2, 0.25) is 0 Å². The molecule has 0 bridgehead atoms. The Morgan fingerprint density at radius 1 is 1.50 bits per heavy atom. The normalized spacial score (nSPS) is 24.4. The summed E-state index contributed by atoms with van der Waals surface area (Å²) >= 11 is 1.38. The van der Waals surface area contributed by atoms with Crippen molar-refractivity contribution in [3.63, 3.8) is 0 Å². The molecular weight excluding hydrogens is 302 g/mol. The van der Waals surface area contributed by atoms with E-state index in [0.717, 1.165) is 0 Å². The maximum Gasteiger partial charge on any atom is 0.327 e. The summed E-state index contributed by atoms with van der Waals surface area (Å²) in [6.07, 6.45) is 2.67. The Bertz CT molecular complexity index is 614. The second-order valence-electron chi connectivity index (χ2n) is 5.40. The van der Waals surface area contributed by atoms with Gasteiger partial charge in [0.1, 0.15) is 6.04 Å². The number of amides is 4. The molecular formula is C15H17N3O3S. The molecule has 0 radical (unpaired) electrons. The van der Waals surface area contributed by atoms with Gasteiger partial charge in [-0.3, -0.25) is 14.5 Å². The fourth-order valence-corrected chi connectivity index (χ4v) is 3.58. The Balaban J connectivity index is 1.66. The molecule has 0 aliphatic carbocycles. The molecule has 2 atom stereocenters. The van der Waals surface area contributed by atoms with Gasteiger partial charge >= 0.3 is 6.03 Å². The largest absolute Gasteiger partial charge is 0.348 e.